The summed E-state index contributed by atoms with van der Waals surface area (Å²) < 4.78 is 0. The smallest absolute Gasteiger partial charge is 0.287 e. The fourth-order valence-corrected chi connectivity index (χ4v) is 2.23. The van der Waals surface area contributed by atoms with Crippen molar-refractivity contribution in [3.63, 3.8) is 0 Å². The zero-order valence-corrected chi connectivity index (χ0v) is 10.6. The lowest BCUT2D eigenvalue weighted by atomic mass is 9.84. The summed E-state index contributed by atoms with van der Waals surface area (Å²) in [5, 5.41) is 29.4. The molecule has 0 heterocycles. The number of nitro benzene ring substituents is 1. The average molecular weight is 248 g/mol. The average Bonchev–Trinajstić information content (AvgIpc) is 2.27. The van der Waals surface area contributed by atoms with E-state index in [1.807, 2.05) is 19.9 Å². The van der Waals surface area contributed by atoms with Gasteiger partial charge in [-0.15, -0.1) is 0 Å². The Kier molecular flexibility index (Phi) is 4.40. The normalized spacial score (nSPS) is 14.0. The van der Waals surface area contributed by atoms with Crippen LogP contribution in [0.3, 0.4) is 0 Å². The van der Waals surface area contributed by atoms with Crippen LogP contribution < -0.4 is 0 Å². The molecule has 1 aromatic rings. The Balaban J connectivity index is 3.28. The highest BCUT2D eigenvalue weighted by atomic mass is 16.6. The van der Waals surface area contributed by atoms with Crippen molar-refractivity contribution in [2.24, 2.45) is 5.92 Å². The molecule has 0 aromatic heterocycles. The van der Waals surface area contributed by atoms with Crippen LogP contribution in [0.1, 0.15) is 37.8 Å². The summed E-state index contributed by atoms with van der Waals surface area (Å²) in [5.41, 5.74) is 0.584. The number of rotatable bonds is 4. The Morgan fingerprint density at radius 2 is 2.00 bits per heavy atom. The number of nitrogens with zero attached hydrogens (tertiary/aromatic N) is 2. The second-order valence-electron chi connectivity index (χ2n) is 4.66. The van der Waals surface area contributed by atoms with Crippen LogP contribution in [0.5, 0.6) is 0 Å². The molecular formula is C13H16N2O3. The van der Waals surface area contributed by atoms with E-state index in [0.717, 1.165) is 5.56 Å². The fraction of sp³-hybridized carbons (Fsp3) is 0.462. The van der Waals surface area contributed by atoms with Crippen molar-refractivity contribution in [2.45, 2.75) is 32.8 Å². The first kappa shape index (κ1) is 14.1. The molecule has 0 aliphatic rings. The maximum Gasteiger partial charge on any atom is 0.287 e. The summed E-state index contributed by atoms with van der Waals surface area (Å²) >= 11 is 0. The third kappa shape index (κ3) is 2.84. The van der Waals surface area contributed by atoms with E-state index in [2.05, 4.69) is 0 Å². The number of nitriles is 1. The van der Waals surface area contributed by atoms with Crippen LogP contribution in [0.4, 0.5) is 5.69 Å². The monoisotopic (exact) mass is 248 g/mol. The first-order valence-electron chi connectivity index (χ1n) is 5.75. The van der Waals surface area contributed by atoms with Crippen LogP contribution in [0, 0.1) is 27.4 Å². The number of aliphatic hydroxyl groups excluding tert-OH is 1. The third-order valence-corrected chi connectivity index (χ3v) is 2.96. The third-order valence-electron chi connectivity index (χ3n) is 2.96. The zero-order chi connectivity index (χ0) is 13.9. The maximum atomic E-state index is 10.7. The number of aliphatic hydroxyl groups is 1. The Labute approximate surface area is 106 Å². The Morgan fingerprint density at radius 1 is 1.39 bits per heavy atom. The summed E-state index contributed by atoms with van der Waals surface area (Å²) in [6.45, 7) is 5.60. The molecule has 0 aliphatic heterocycles. The highest BCUT2D eigenvalue weighted by molar-refractivity contribution is 5.51. The zero-order valence-electron chi connectivity index (χ0n) is 10.6. The summed E-state index contributed by atoms with van der Waals surface area (Å²) in [7, 11) is 0. The number of nitro groups is 1. The maximum absolute atomic E-state index is 10.7. The molecule has 0 fully saturated rings. The van der Waals surface area contributed by atoms with E-state index < -0.39 is 11.0 Å². The van der Waals surface area contributed by atoms with E-state index in [4.69, 9.17) is 5.26 Å². The fourth-order valence-electron chi connectivity index (χ4n) is 2.23. The minimum atomic E-state index is -0.574. The van der Waals surface area contributed by atoms with E-state index in [9.17, 15) is 15.2 Å². The lowest BCUT2D eigenvalue weighted by molar-refractivity contribution is -0.385. The molecule has 0 spiro atoms. The van der Waals surface area contributed by atoms with Crippen LogP contribution >= 0.6 is 0 Å². The van der Waals surface area contributed by atoms with E-state index in [0.29, 0.717) is 0 Å². The first-order chi connectivity index (χ1) is 8.38. The van der Waals surface area contributed by atoms with Gasteiger partial charge in [-0.05, 0) is 24.5 Å². The molecular weight excluding hydrogens is 232 g/mol. The second kappa shape index (κ2) is 5.61. The molecule has 0 saturated heterocycles. The predicted octanol–water partition coefficient (Wildman–Crippen LogP) is 2.59. The quantitative estimate of drug-likeness (QED) is 0.655. The SMILES string of the molecule is CC(C)C(c1ccc([N+](=O)[O-])c(C#N)c1)C(C)O. The topological polar surface area (TPSA) is 87.2 Å². The molecule has 1 rings (SSSR count). The lowest BCUT2D eigenvalue weighted by Gasteiger charge is -2.24. The van der Waals surface area contributed by atoms with Gasteiger partial charge in [-0.25, -0.2) is 0 Å². The van der Waals surface area contributed by atoms with Crippen molar-refractivity contribution < 1.29 is 10.0 Å². The molecule has 1 N–H and O–H groups in total. The van der Waals surface area contributed by atoms with Gasteiger partial charge < -0.3 is 5.11 Å². The molecule has 5 nitrogen and oxygen atoms in total. The minimum Gasteiger partial charge on any atom is -0.393 e. The van der Waals surface area contributed by atoms with Crippen molar-refractivity contribution >= 4 is 5.69 Å². The van der Waals surface area contributed by atoms with Crippen molar-refractivity contribution in [2.75, 3.05) is 0 Å². The van der Waals surface area contributed by atoms with Crippen molar-refractivity contribution in [1.29, 1.82) is 5.26 Å². The van der Waals surface area contributed by atoms with Gasteiger partial charge in [0.15, 0.2) is 0 Å². The van der Waals surface area contributed by atoms with Crippen LogP contribution in [-0.4, -0.2) is 16.1 Å². The molecule has 0 bridgehead atoms. The van der Waals surface area contributed by atoms with Crippen LogP contribution in [0.2, 0.25) is 0 Å². The molecule has 1 aromatic carbocycles. The van der Waals surface area contributed by atoms with E-state index >= 15 is 0 Å². The van der Waals surface area contributed by atoms with Gasteiger partial charge in [-0.2, -0.15) is 5.26 Å². The minimum absolute atomic E-state index is 0.0313. The van der Waals surface area contributed by atoms with Gasteiger partial charge in [0.25, 0.3) is 5.69 Å². The number of benzene rings is 1. The van der Waals surface area contributed by atoms with Crippen LogP contribution in [0.15, 0.2) is 18.2 Å². The predicted molar refractivity (Wildman–Crippen MR) is 67.1 cm³/mol. The Hall–Kier alpha value is -1.93. The van der Waals surface area contributed by atoms with Gasteiger partial charge in [0.05, 0.1) is 11.0 Å². The van der Waals surface area contributed by atoms with Gasteiger partial charge >= 0.3 is 0 Å². The first-order valence-corrected chi connectivity index (χ1v) is 5.75. The van der Waals surface area contributed by atoms with Gasteiger partial charge in [-0.3, -0.25) is 10.1 Å². The number of hydrogen-bond acceptors (Lipinski definition) is 4. The number of hydrogen-bond donors (Lipinski definition) is 1. The molecule has 2 atom stereocenters. The molecule has 0 amide bonds. The Bertz CT molecular complexity index is 481. The Morgan fingerprint density at radius 3 is 2.39 bits per heavy atom. The molecule has 5 heteroatoms. The molecule has 0 radical (unpaired) electrons. The van der Waals surface area contributed by atoms with E-state index in [1.165, 1.54) is 12.1 Å². The van der Waals surface area contributed by atoms with Gasteiger partial charge in [-0.1, -0.05) is 19.9 Å². The van der Waals surface area contributed by atoms with E-state index in [-0.39, 0.29) is 23.1 Å². The van der Waals surface area contributed by atoms with Crippen molar-refractivity contribution in [3.8, 4) is 6.07 Å². The summed E-state index contributed by atoms with van der Waals surface area (Å²) in [6.07, 6.45) is -0.571. The van der Waals surface area contributed by atoms with E-state index in [1.54, 1.807) is 13.0 Å². The highest BCUT2D eigenvalue weighted by Crippen LogP contribution is 2.31. The van der Waals surface area contributed by atoms with Gasteiger partial charge in [0.1, 0.15) is 11.6 Å². The van der Waals surface area contributed by atoms with Gasteiger partial charge in [0, 0.05) is 12.0 Å². The highest BCUT2D eigenvalue weighted by Gasteiger charge is 2.23. The largest absolute Gasteiger partial charge is 0.393 e. The van der Waals surface area contributed by atoms with Crippen LogP contribution in [-0.2, 0) is 0 Å². The molecule has 18 heavy (non-hydrogen) atoms. The molecule has 2 unspecified atom stereocenters. The van der Waals surface area contributed by atoms with Gasteiger partial charge in [0.2, 0.25) is 0 Å². The summed E-state index contributed by atoms with van der Waals surface area (Å²) in [5.74, 6) is 0.0379. The van der Waals surface area contributed by atoms with Crippen LogP contribution in [0.25, 0.3) is 0 Å². The molecule has 0 saturated carbocycles. The summed E-state index contributed by atoms with van der Waals surface area (Å²) in [6, 6.07) is 6.25. The molecule has 0 aliphatic carbocycles. The standard InChI is InChI=1S/C13H16N2O3/c1-8(2)13(9(3)16)10-4-5-12(15(17)18)11(6-10)7-14/h4-6,8-9,13,16H,1-3H3. The van der Waals surface area contributed by atoms with Crippen molar-refractivity contribution in [3.05, 3.63) is 39.4 Å². The molecule has 96 valence electrons. The lowest BCUT2D eigenvalue weighted by Crippen LogP contribution is -2.20. The summed E-state index contributed by atoms with van der Waals surface area (Å²) in [4.78, 5) is 10.2. The van der Waals surface area contributed by atoms with Crippen molar-refractivity contribution in [1.82, 2.24) is 0 Å². The second-order valence-corrected chi connectivity index (χ2v) is 4.66.